The van der Waals surface area contributed by atoms with Gasteiger partial charge < -0.3 is 4.90 Å². The highest BCUT2D eigenvalue weighted by atomic mass is 35.5. The van der Waals surface area contributed by atoms with Crippen molar-refractivity contribution < 1.29 is 9.18 Å². The highest BCUT2D eigenvalue weighted by molar-refractivity contribution is 6.18. The fourth-order valence-corrected chi connectivity index (χ4v) is 2.32. The lowest BCUT2D eigenvalue weighted by atomic mass is 10.1. The van der Waals surface area contributed by atoms with Crippen molar-refractivity contribution in [2.45, 2.75) is 19.8 Å². The molecule has 0 aromatic heterocycles. The summed E-state index contributed by atoms with van der Waals surface area (Å²) in [4.78, 5) is 12.9. The number of benzene rings is 1. The third-order valence-corrected chi connectivity index (χ3v) is 3.11. The van der Waals surface area contributed by atoms with Crippen molar-refractivity contribution in [1.82, 2.24) is 0 Å². The number of rotatable bonds is 2. The van der Waals surface area contributed by atoms with Crippen molar-refractivity contribution in [3.63, 3.8) is 0 Å². The summed E-state index contributed by atoms with van der Waals surface area (Å²) in [5.74, 6) is 0.178. The summed E-state index contributed by atoms with van der Waals surface area (Å²) >= 11 is 5.61. The van der Waals surface area contributed by atoms with Gasteiger partial charge in [0.25, 0.3) is 0 Å². The van der Waals surface area contributed by atoms with Crippen molar-refractivity contribution in [2.75, 3.05) is 17.3 Å². The molecule has 86 valence electrons. The molecule has 0 radical (unpaired) electrons. The zero-order valence-corrected chi connectivity index (χ0v) is 9.85. The van der Waals surface area contributed by atoms with Crippen molar-refractivity contribution in [1.29, 1.82) is 0 Å². The van der Waals surface area contributed by atoms with Gasteiger partial charge in [-0.25, -0.2) is 4.39 Å². The summed E-state index contributed by atoms with van der Waals surface area (Å²) in [5.41, 5.74) is 2.00. The predicted molar refractivity (Wildman–Crippen MR) is 62.6 cm³/mol. The number of alkyl halides is 1. The second-order valence-electron chi connectivity index (χ2n) is 3.90. The van der Waals surface area contributed by atoms with E-state index in [4.69, 9.17) is 11.6 Å². The molecule has 0 fully saturated rings. The van der Waals surface area contributed by atoms with Crippen LogP contribution in [0.4, 0.5) is 10.1 Å². The minimum absolute atomic E-state index is 0.0387. The van der Waals surface area contributed by atoms with Crippen LogP contribution in [0.2, 0.25) is 0 Å². The lowest BCUT2D eigenvalue weighted by Crippen LogP contribution is -2.25. The number of amides is 1. The molecule has 0 spiro atoms. The molecule has 1 aliphatic heterocycles. The van der Waals surface area contributed by atoms with Gasteiger partial charge in [0.2, 0.25) is 5.91 Å². The first-order chi connectivity index (χ1) is 7.65. The van der Waals surface area contributed by atoms with Crippen LogP contribution in [0, 0.1) is 5.82 Å². The van der Waals surface area contributed by atoms with Crippen molar-refractivity contribution in [2.24, 2.45) is 0 Å². The lowest BCUT2D eigenvalue weighted by Gasteiger charge is -2.15. The lowest BCUT2D eigenvalue weighted by molar-refractivity contribution is -0.116. The molecule has 16 heavy (non-hydrogen) atoms. The topological polar surface area (TPSA) is 20.3 Å². The van der Waals surface area contributed by atoms with Gasteiger partial charge in [-0.3, -0.25) is 4.79 Å². The first kappa shape index (κ1) is 11.4. The first-order valence-electron chi connectivity index (χ1n) is 5.29. The fraction of sp³-hybridized carbons (Fsp3) is 0.417. The highest BCUT2D eigenvalue weighted by Gasteiger charge is 2.25. The zero-order valence-electron chi connectivity index (χ0n) is 9.09. The Morgan fingerprint density at radius 2 is 2.31 bits per heavy atom. The highest BCUT2D eigenvalue weighted by Crippen LogP contribution is 2.32. The van der Waals surface area contributed by atoms with E-state index in [1.165, 1.54) is 6.92 Å². The quantitative estimate of drug-likeness (QED) is 0.729. The van der Waals surface area contributed by atoms with Gasteiger partial charge in [0, 0.05) is 30.6 Å². The smallest absolute Gasteiger partial charge is 0.223 e. The Balaban J connectivity index is 2.41. The van der Waals surface area contributed by atoms with Crippen LogP contribution in [0.3, 0.4) is 0 Å². The summed E-state index contributed by atoms with van der Waals surface area (Å²) in [6, 6.07) is 3.53. The van der Waals surface area contributed by atoms with Crippen molar-refractivity contribution in [3.05, 3.63) is 29.1 Å². The van der Waals surface area contributed by atoms with Gasteiger partial charge in [0.15, 0.2) is 0 Å². The normalized spacial score (nSPS) is 14.1. The molecule has 1 aromatic rings. The number of carbonyl (C=O) groups is 1. The molecule has 0 atom stereocenters. The van der Waals surface area contributed by atoms with Gasteiger partial charge in [-0.05, 0) is 24.5 Å². The van der Waals surface area contributed by atoms with Crippen LogP contribution in [0.5, 0.6) is 0 Å². The number of anilines is 1. The average Bonchev–Trinajstić information content (AvgIpc) is 2.67. The number of fused-ring (bicyclic) bond motifs is 1. The maximum absolute atomic E-state index is 14.0. The van der Waals surface area contributed by atoms with Gasteiger partial charge in [-0.15, -0.1) is 11.6 Å². The van der Waals surface area contributed by atoms with E-state index in [0.29, 0.717) is 42.1 Å². The minimum atomic E-state index is -0.193. The molecule has 0 aliphatic carbocycles. The number of halogens is 2. The second-order valence-corrected chi connectivity index (χ2v) is 4.27. The molecule has 2 nitrogen and oxygen atoms in total. The van der Waals surface area contributed by atoms with Gasteiger partial charge in [0.1, 0.15) is 5.82 Å². The van der Waals surface area contributed by atoms with Gasteiger partial charge >= 0.3 is 0 Å². The van der Waals surface area contributed by atoms with Crippen LogP contribution in [0.1, 0.15) is 18.1 Å². The number of hydrogen-bond acceptors (Lipinski definition) is 1. The monoisotopic (exact) mass is 241 g/mol. The molecular formula is C12H13ClFNO. The first-order valence-corrected chi connectivity index (χ1v) is 5.83. The van der Waals surface area contributed by atoms with Crippen LogP contribution in [-0.4, -0.2) is 18.3 Å². The van der Waals surface area contributed by atoms with Crippen LogP contribution in [0.25, 0.3) is 0 Å². The van der Waals surface area contributed by atoms with Crippen LogP contribution < -0.4 is 4.90 Å². The Bertz CT molecular complexity index is 433. The molecule has 0 saturated carbocycles. The average molecular weight is 242 g/mol. The summed E-state index contributed by atoms with van der Waals surface area (Å²) < 4.78 is 14.0. The minimum Gasteiger partial charge on any atom is -0.312 e. The van der Waals surface area contributed by atoms with Crippen LogP contribution in [-0.2, 0) is 17.6 Å². The Labute approximate surface area is 99.0 Å². The summed E-state index contributed by atoms with van der Waals surface area (Å²) in [6.07, 6.45) is 1.12. The van der Waals surface area contributed by atoms with Crippen molar-refractivity contribution >= 4 is 23.2 Å². The third-order valence-electron chi connectivity index (χ3n) is 2.92. The Hall–Kier alpha value is -1.09. The molecular weight excluding hydrogens is 229 g/mol. The molecule has 2 rings (SSSR count). The number of carbonyl (C=O) groups excluding carboxylic acids is 1. The SMILES string of the molecule is CC(=O)N1CCc2c1ccc(CCCl)c2F. The van der Waals surface area contributed by atoms with Crippen LogP contribution in [0.15, 0.2) is 12.1 Å². The molecule has 0 unspecified atom stereocenters. The van der Waals surface area contributed by atoms with E-state index in [-0.39, 0.29) is 11.7 Å². The Morgan fingerprint density at radius 3 is 2.94 bits per heavy atom. The molecule has 4 heteroatoms. The fourth-order valence-electron chi connectivity index (χ4n) is 2.12. The van der Waals surface area contributed by atoms with E-state index in [1.54, 1.807) is 11.0 Å². The van der Waals surface area contributed by atoms with Crippen LogP contribution >= 0.6 is 11.6 Å². The maximum Gasteiger partial charge on any atom is 0.223 e. The summed E-state index contributed by atoms with van der Waals surface area (Å²) in [6.45, 7) is 2.07. The van der Waals surface area contributed by atoms with E-state index in [9.17, 15) is 9.18 Å². The Morgan fingerprint density at radius 1 is 1.56 bits per heavy atom. The van der Waals surface area contributed by atoms with Gasteiger partial charge in [-0.2, -0.15) is 0 Å². The number of nitrogens with zero attached hydrogens (tertiary/aromatic N) is 1. The molecule has 0 bridgehead atoms. The van der Waals surface area contributed by atoms with Gasteiger partial charge in [0.05, 0.1) is 0 Å². The van der Waals surface area contributed by atoms with E-state index in [0.717, 1.165) is 0 Å². The van der Waals surface area contributed by atoms with E-state index in [1.807, 2.05) is 6.07 Å². The Kier molecular flexibility index (Phi) is 3.15. The second kappa shape index (κ2) is 4.42. The maximum atomic E-state index is 14.0. The van der Waals surface area contributed by atoms with Crippen molar-refractivity contribution in [3.8, 4) is 0 Å². The summed E-state index contributed by atoms with van der Waals surface area (Å²) in [5, 5.41) is 0. The molecule has 1 heterocycles. The summed E-state index contributed by atoms with van der Waals surface area (Å²) in [7, 11) is 0. The molecule has 1 aromatic carbocycles. The molecule has 0 saturated heterocycles. The van der Waals surface area contributed by atoms with E-state index in [2.05, 4.69) is 0 Å². The standard InChI is InChI=1S/C12H13ClFNO/c1-8(16)15-7-5-10-11(15)3-2-9(4-6-13)12(10)14/h2-3H,4-7H2,1H3. The third kappa shape index (κ3) is 1.80. The largest absolute Gasteiger partial charge is 0.312 e. The predicted octanol–water partition coefficient (Wildman–Crippen LogP) is 2.52. The molecule has 1 aliphatic rings. The molecule has 0 N–H and O–H groups in total. The number of aryl methyl sites for hydroxylation is 1. The zero-order chi connectivity index (χ0) is 11.7. The van der Waals surface area contributed by atoms with E-state index < -0.39 is 0 Å². The number of hydrogen-bond donors (Lipinski definition) is 0. The molecule has 1 amide bonds. The van der Waals surface area contributed by atoms with E-state index >= 15 is 0 Å². The van der Waals surface area contributed by atoms with Gasteiger partial charge in [-0.1, -0.05) is 6.07 Å².